The van der Waals surface area contributed by atoms with Crippen molar-refractivity contribution in [1.29, 1.82) is 0 Å². The van der Waals surface area contributed by atoms with Gasteiger partial charge in [-0.25, -0.2) is 0 Å². The fraction of sp³-hybridized carbons (Fsp3) is 0.304. The Morgan fingerprint density at radius 2 is 1.94 bits per heavy atom. The van der Waals surface area contributed by atoms with Crippen molar-refractivity contribution >= 4 is 28.2 Å². The van der Waals surface area contributed by atoms with Gasteiger partial charge in [0.25, 0.3) is 5.91 Å². The van der Waals surface area contributed by atoms with Crippen LogP contribution < -0.4 is 15.6 Å². The molecule has 1 atom stereocenters. The lowest BCUT2D eigenvalue weighted by Crippen LogP contribution is -2.31. The zero-order chi connectivity index (χ0) is 23.0. The minimum Gasteiger partial charge on any atom is -0.370 e. The van der Waals surface area contributed by atoms with E-state index in [0.717, 1.165) is 12.5 Å². The number of aromatic nitrogens is 1. The van der Waals surface area contributed by atoms with Crippen molar-refractivity contribution in [2.45, 2.75) is 18.6 Å². The zero-order valence-electron chi connectivity index (χ0n) is 17.7. The summed E-state index contributed by atoms with van der Waals surface area (Å²) in [4.78, 5) is 32.1. The molecular weight excluding hydrogens is 421 g/mol. The third-order valence-electron chi connectivity index (χ3n) is 5.85. The molecule has 2 heterocycles. The maximum atomic E-state index is 13.8. The van der Waals surface area contributed by atoms with Gasteiger partial charge in [-0.05, 0) is 50.8 Å². The summed E-state index contributed by atoms with van der Waals surface area (Å²) in [6.45, 7) is 1.28. The van der Waals surface area contributed by atoms with Gasteiger partial charge in [-0.2, -0.15) is 13.2 Å². The Hall–Kier alpha value is -3.33. The maximum absolute atomic E-state index is 13.8. The summed E-state index contributed by atoms with van der Waals surface area (Å²) in [5.41, 5.74) is -1.15. The SMILES string of the molecule is CN(C)[C@@H]1CCN(c2ccc(NC(=O)c3c[nH]c4ccccc4c3=O)c(C(F)(F)F)c2)C1. The number of rotatable bonds is 4. The second-order valence-electron chi connectivity index (χ2n) is 8.11. The van der Waals surface area contributed by atoms with Crippen LogP contribution in [0.3, 0.4) is 0 Å². The van der Waals surface area contributed by atoms with E-state index in [1.54, 1.807) is 30.3 Å². The van der Waals surface area contributed by atoms with Crippen molar-refractivity contribution in [2.24, 2.45) is 0 Å². The van der Waals surface area contributed by atoms with Crippen molar-refractivity contribution < 1.29 is 18.0 Å². The highest BCUT2D eigenvalue weighted by Gasteiger charge is 2.35. The van der Waals surface area contributed by atoms with E-state index in [1.807, 2.05) is 19.0 Å². The van der Waals surface area contributed by atoms with Crippen LogP contribution in [0.2, 0.25) is 0 Å². The highest BCUT2D eigenvalue weighted by molar-refractivity contribution is 6.06. The van der Waals surface area contributed by atoms with Crippen LogP contribution in [0.25, 0.3) is 10.9 Å². The minimum atomic E-state index is -4.67. The van der Waals surface area contributed by atoms with Gasteiger partial charge in [-0.3, -0.25) is 9.59 Å². The van der Waals surface area contributed by atoms with Crippen LogP contribution in [0.1, 0.15) is 22.3 Å². The van der Waals surface area contributed by atoms with E-state index < -0.39 is 23.1 Å². The normalized spacial score (nSPS) is 16.7. The van der Waals surface area contributed by atoms with Crippen LogP contribution >= 0.6 is 0 Å². The van der Waals surface area contributed by atoms with Gasteiger partial charge < -0.3 is 20.1 Å². The molecule has 4 rings (SSSR count). The lowest BCUT2D eigenvalue weighted by atomic mass is 10.1. The summed E-state index contributed by atoms with van der Waals surface area (Å²) in [7, 11) is 3.89. The number of amides is 1. The van der Waals surface area contributed by atoms with E-state index in [-0.39, 0.29) is 22.7 Å². The summed E-state index contributed by atoms with van der Waals surface area (Å²) in [6, 6.07) is 10.7. The molecule has 1 saturated heterocycles. The van der Waals surface area contributed by atoms with Gasteiger partial charge >= 0.3 is 6.18 Å². The maximum Gasteiger partial charge on any atom is 0.418 e. The molecule has 1 aliphatic rings. The number of para-hydroxylation sites is 1. The zero-order valence-corrected chi connectivity index (χ0v) is 17.7. The van der Waals surface area contributed by atoms with Crippen molar-refractivity contribution in [3.63, 3.8) is 0 Å². The number of aromatic amines is 1. The van der Waals surface area contributed by atoms with Gasteiger partial charge in [0.1, 0.15) is 5.56 Å². The topological polar surface area (TPSA) is 68.4 Å². The Morgan fingerprint density at radius 3 is 2.62 bits per heavy atom. The highest BCUT2D eigenvalue weighted by atomic mass is 19.4. The molecule has 0 aliphatic carbocycles. The summed E-state index contributed by atoms with van der Waals surface area (Å²) in [5, 5.41) is 2.57. The number of H-pyrrole nitrogens is 1. The van der Waals surface area contributed by atoms with Gasteiger partial charge in [-0.1, -0.05) is 12.1 Å². The fourth-order valence-electron chi connectivity index (χ4n) is 4.00. The monoisotopic (exact) mass is 444 g/mol. The molecule has 2 aromatic carbocycles. The van der Waals surface area contributed by atoms with E-state index in [4.69, 9.17) is 0 Å². The molecule has 0 saturated carbocycles. The number of hydrogen-bond acceptors (Lipinski definition) is 4. The second kappa shape index (κ2) is 8.31. The first-order chi connectivity index (χ1) is 15.1. The lowest BCUT2D eigenvalue weighted by Gasteiger charge is -2.23. The third-order valence-corrected chi connectivity index (χ3v) is 5.85. The molecule has 168 valence electrons. The van der Waals surface area contributed by atoms with E-state index in [0.29, 0.717) is 24.3 Å². The molecule has 1 amide bonds. The van der Waals surface area contributed by atoms with Gasteiger partial charge in [0.05, 0.1) is 11.3 Å². The van der Waals surface area contributed by atoms with Gasteiger partial charge in [0.15, 0.2) is 0 Å². The number of hydrogen-bond donors (Lipinski definition) is 2. The average Bonchev–Trinajstić information content (AvgIpc) is 3.24. The highest BCUT2D eigenvalue weighted by Crippen LogP contribution is 2.38. The number of carbonyl (C=O) groups excluding carboxylic acids is 1. The first-order valence-electron chi connectivity index (χ1n) is 10.2. The van der Waals surface area contributed by atoms with Gasteiger partial charge in [-0.15, -0.1) is 0 Å². The van der Waals surface area contributed by atoms with E-state index in [1.165, 1.54) is 12.3 Å². The average molecular weight is 444 g/mol. The van der Waals surface area contributed by atoms with Crippen molar-refractivity contribution in [1.82, 2.24) is 9.88 Å². The first kappa shape index (κ1) is 21.9. The largest absolute Gasteiger partial charge is 0.418 e. The molecule has 32 heavy (non-hydrogen) atoms. The predicted octanol–water partition coefficient (Wildman–Crippen LogP) is 3.94. The number of carbonyl (C=O) groups is 1. The Labute approximate surface area is 182 Å². The molecule has 3 aromatic rings. The molecule has 1 aromatic heterocycles. The fourth-order valence-corrected chi connectivity index (χ4v) is 4.00. The van der Waals surface area contributed by atoms with Crippen LogP contribution in [0.4, 0.5) is 24.5 Å². The van der Waals surface area contributed by atoms with Crippen molar-refractivity contribution in [2.75, 3.05) is 37.4 Å². The van der Waals surface area contributed by atoms with Crippen LogP contribution in [0, 0.1) is 0 Å². The molecule has 1 fully saturated rings. The molecule has 0 unspecified atom stereocenters. The summed E-state index contributed by atoms with van der Waals surface area (Å²) < 4.78 is 41.4. The smallest absolute Gasteiger partial charge is 0.370 e. The summed E-state index contributed by atoms with van der Waals surface area (Å²) >= 11 is 0. The number of fused-ring (bicyclic) bond motifs is 1. The number of alkyl halides is 3. The first-order valence-corrected chi connectivity index (χ1v) is 10.2. The molecule has 2 N–H and O–H groups in total. The molecule has 1 aliphatic heterocycles. The van der Waals surface area contributed by atoms with E-state index in [2.05, 4.69) is 15.2 Å². The summed E-state index contributed by atoms with van der Waals surface area (Å²) in [6.07, 6.45) is -2.60. The van der Waals surface area contributed by atoms with E-state index >= 15 is 0 Å². The number of nitrogens with one attached hydrogen (secondary N) is 2. The second-order valence-corrected chi connectivity index (χ2v) is 8.11. The quantitative estimate of drug-likeness (QED) is 0.640. The van der Waals surface area contributed by atoms with Crippen molar-refractivity contribution in [3.8, 4) is 0 Å². The number of nitrogens with zero attached hydrogens (tertiary/aromatic N) is 2. The molecule has 0 radical (unpaired) electrons. The molecule has 9 heteroatoms. The van der Waals surface area contributed by atoms with Gasteiger partial charge in [0.2, 0.25) is 5.43 Å². The van der Waals surface area contributed by atoms with Crippen LogP contribution in [0.15, 0.2) is 53.5 Å². The Kier molecular flexibility index (Phi) is 5.68. The lowest BCUT2D eigenvalue weighted by molar-refractivity contribution is -0.136. The molecular formula is C23H23F3N4O2. The number of likely N-dealkylation sites (N-methyl/N-ethyl adjacent to an activating group) is 1. The number of anilines is 2. The molecule has 6 nitrogen and oxygen atoms in total. The van der Waals surface area contributed by atoms with Crippen LogP contribution in [-0.2, 0) is 6.18 Å². The number of pyridine rings is 1. The molecule has 0 spiro atoms. The standard InChI is InChI=1S/C23H23F3N4O2/c1-29(2)15-9-10-30(13-15)14-7-8-20(18(11-14)23(24,25)26)28-22(32)17-12-27-19-6-4-3-5-16(19)21(17)31/h3-8,11-12,15H,9-10,13H2,1-2H3,(H,27,31)(H,28,32)/t15-/m1/s1. The van der Waals surface area contributed by atoms with E-state index in [9.17, 15) is 22.8 Å². The Morgan fingerprint density at radius 1 is 1.19 bits per heavy atom. The number of halogens is 3. The van der Waals surface area contributed by atoms with Gasteiger partial charge in [0, 0.05) is 41.9 Å². The van der Waals surface area contributed by atoms with Crippen LogP contribution in [-0.4, -0.2) is 49.0 Å². The van der Waals surface area contributed by atoms with Crippen molar-refractivity contribution in [3.05, 3.63) is 70.0 Å². The Balaban J connectivity index is 1.64. The van der Waals surface area contributed by atoms with Crippen LogP contribution in [0.5, 0.6) is 0 Å². The third kappa shape index (κ3) is 4.20. The Bertz CT molecular complexity index is 1220. The minimum absolute atomic E-state index is 0.255. The molecule has 0 bridgehead atoms. The predicted molar refractivity (Wildman–Crippen MR) is 118 cm³/mol. The number of benzene rings is 2. The summed E-state index contributed by atoms with van der Waals surface area (Å²) in [5.74, 6) is -0.899.